The van der Waals surface area contributed by atoms with Crippen molar-refractivity contribution in [2.24, 2.45) is 15.9 Å². The van der Waals surface area contributed by atoms with Crippen LogP contribution in [0.2, 0.25) is 0 Å². The predicted molar refractivity (Wildman–Crippen MR) is 102 cm³/mol. The Bertz CT molecular complexity index is 944. The molecule has 2 N–H and O–H groups in total. The minimum Gasteiger partial charge on any atom is -0.334 e. The van der Waals surface area contributed by atoms with Crippen molar-refractivity contribution in [3.8, 4) is 0 Å². The predicted octanol–water partition coefficient (Wildman–Crippen LogP) is 2.50. The summed E-state index contributed by atoms with van der Waals surface area (Å²) in [5.41, 5.74) is 2.55. The lowest BCUT2D eigenvalue weighted by Crippen LogP contribution is -2.32. The van der Waals surface area contributed by atoms with Crippen LogP contribution in [0.4, 0.5) is 10.6 Å². The van der Waals surface area contributed by atoms with Crippen molar-refractivity contribution in [1.82, 2.24) is 15.1 Å². The normalized spacial score (nSPS) is 18.6. The zero-order chi connectivity index (χ0) is 18.8. The van der Waals surface area contributed by atoms with Gasteiger partial charge in [-0.2, -0.15) is 14.8 Å². The van der Waals surface area contributed by atoms with Crippen LogP contribution in [0.15, 0.2) is 46.4 Å². The Kier molecular flexibility index (Phi) is 4.53. The van der Waals surface area contributed by atoms with Gasteiger partial charge < -0.3 is 5.32 Å². The van der Waals surface area contributed by atoms with E-state index in [1.165, 1.54) is 4.68 Å². The lowest BCUT2D eigenvalue weighted by molar-refractivity contribution is -0.119. The van der Waals surface area contributed by atoms with Crippen LogP contribution in [0.3, 0.4) is 0 Å². The van der Waals surface area contributed by atoms with E-state index >= 15 is 0 Å². The number of rotatable bonds is 3. The number of nitrogens with one attached hydrogen (secondary N) is 2. The van der Waals surface area contributed by atoms with Crippen molar-refractivity contribution in [3.05, 3.63) is 47.7 Å². The molecule has 0 radical (unpaired) electrons. The molecule has 8 nitrogen and oxygen atoms in total. The van der Waals surface area contributed by atoms with Gasteiger partial charge in [-0.15, -0.1) is 0 Å². The highest BCUT2D eigenvalue weighted by Crippen LogP contribution is 2.27. The van der Waals surface area contributed by atoms with Gasteiger partial charge >= 0.3 is 6.03 Å². The van der Waals surface area contributed by atoms with Crippen molar-refractivity contribution >= 4 is 29.4 Å². The maximum Gasteiger partial charge on any atom is 0.320 e. The fourth-order valence-electron chi connectivity index (χ4n) is 3.33. The first-order chi connectivity index (χ1) is 13.1. The molecular weight excluding hydrogens is 344 g/mol. The van der Waals surface area contributed by atoms with E-state index in [4.69, 9.17) is 0 Å². The number of hydrogen-bond acceptors (Lipinski definition) is 4. The van der Waals surface area contributed by atoms with Crippen LogP contribution in [-0.2, 0) is 11.3 Å². The summed E-state index contributed by atoms with van der Waals surface area (Å²) >= 11 is 0. The van der Waals surface area contributed by atoms with E-state index in [-0.39, 0.29) is 23.8 Å². The number of anilines is 1. The Morgan fingerprint density at radius 3 is 2.89 bits per heavy atom. The smallest absolute Gasteiger partial charge is 0.320 e. The van der Waals surface area contributed by atoms with Gasteiger partial charge in [0.25, 0.3) is 11.9 Å². The Labute approximate surface area is 156 Å². The minimum absolute atomic E-state index is 0.180. The third kappa shape index (κ3) is 3.64. The number of aryl methyl sites for hydroxylation is 1. The van der Waals surface area contributed by atoms with Crippen molar-refractivity contribution in [2.75, 3.05) is 5.32 Å². The number of hydrogen-bond donors (Lipinski definition) is 2. The monoisotopic (exact) mass is 364 g/mol. The summed E-state index contributed by atoms with van der Waals surface area (Å²) in [6, 6.07) is 11.0. The fraction of sp³-hybridized carbons (Fsp3) is 0.316. The van der Waals surface area contributed by atoms with E-state index in [1.54, 1.807) is 13.0 Å². The van der Waals surface area contributed by atoms with Crippen molar-refractivity contribution in [2.45, 2.75) is 32.7 Å². The van der Waals surface area contributed by atoms with Gasteiger partial charge in [-0.05, 0) is 31.7 Å². The zero-order valence-electron chi connectivity index (χ0n) is 15.0. The molecule has 2 aliphatic rings. The number of aliphatic imine (C=N–C) groups is 2. The van der Waals surface area contributed by atoms with Gasteiger partial charge in [-0.3, -0.25) is 10.1 Å². The molecule has 4 rings (SSSR count). The van der Waals surface area contributed by atoms with Crippen LogP contribution >= 0.6 is 0 Å². The van der Waals surface area contributed by atoms with Gasteiger partial charge in [0, 0.05) is 18.3 Å². The zero-order valence-corrected chi connectivity index (χ0v) is 15.0. The quantitative estimate of drug-likeness (QED) is 0.875. The lowest BCUT2D eigenvalue weighted by atomic mass is 10.1. The van der Waals surface area contributed by atoms with Crippen LogP contribution in [0.5, 0.6) is 0 Å². The standard InChI is InChI=1S/C19H20N6O2/c1-12-10-16(22-19(27)20-11-13-6-3-2-4-7-13)25(24-12)18-21-15-9-5-8-14(15)17(26)23-18/h2-4,6-7,10,14H,5,8-9,11H2,1H3,(H2,20,22,27). The Hall–Kier alpha value is -3.29. The van der Waals surface area contributed by atoms with Crippen LogP contribution in [-0.4, -0.2) is 33.4 Å². The number of aromatic nitrogens is 2. The van der Waals surface area contributed by atoms with Crippen LogP contribution < -0.4 is 10.6 Å². The Morgan fingerprint density at radius 1 is 1.26 bits per heavy atom. The molecule has 1 aliphatic heterocycles. The van der Waals surface area contributed by atoms with Gasteiger partial charge in [0.1, 0.15) is 5.82 Å². The highest BCUT2D eigenvalue weighted by atomic mass is 16.2. The molecule has 8 heteroatoms. The van der Waals surface area contributed by atoms with Crippen molar-refractivity contribution in [1.29, 1.82) is 0 Å². The lowest BCUT2D eigenvalue weighted by Gasteiger charge is -2.15. The number of carbonyl (C=O) groups excluding carboxylic acids is 2. The SMILES string of the molecule is Cc1cc(NC(=O)NCc2ccccc2)n(C2=NC(=O)C3CCCC3=N2)n1. The van der Waals surface area contributed by atoms with E-state index in [0.717, 1.165) is 30.5 Å². The van der Waals surface area contributed by atoms with Gasteiger partial charge in [0.15, 0.2) is 0 Å². The molecule has 2 heterocycles. The third-order valence-corrected chi connectivity index (χ3v) is 4.64. The first-order valence-corrected chi connectivity index (χ1v) is 8.96. The molecule has 1 saturated carbocycles. The Morgan fingerprint density at radius 2 is 2.07 bits per heavy atom. The molecule has 1 atom stereocenters. The molecule has 0 bridgehead atoms. The largest absolute Gasteiger partial charge is 0.334 e. The number of benzene rings is 1. The van der Waals surface area contributed by atoms with Gasteiger partial charge in [-0.1, -0.05) is 30.3 Å². The number of urea groups is 1. The number of carbonyl (C=O) groups is 2. The van der Waals surface area contributed by atoms with E-state index < -0.39 is 0 Å². The second-order valence-electron chi connectivity index (χ2n) is 6.67. The molecule has 1 aromatic heterocycles. The molecule has 2 aromatic rings. The highest BCUT2D eigenvalue weighted by molar-refractivity contribution is 6.17. The second kappa shape index (κ2) is 7.14. The van der Waals surface area contributed by atoms with Crippen LogP contribution in [0, 0.1) is 12.8 Å². The maximum absolute atomic E-state index is 12.3. The first-order valence-electron chi connectivity index (χ1n) is 8.96. The van der Waals surface area contributed by atoms with Gasteiger partial charge in [-0.25, -0.2) is 9.79 Å². The molecule has 3 amide bonds. The van der Waals surface area contributed by atoms with Crippen LogP contribution in [0.1, 0.15) is 30.5 Å². The van der Waals surface area contributed by atoms with E-state index in [0.29, 0.717) is 18.1 Å². The number of fused-ring (bicyclic) bond motifs is 1. The highest BCUT2D eigenvalue weighted by Gasteiger charge is 2.33. The van der Waals surface area contributed by atoms with Crippen molar-refractivity contribution in [3.63, 3.8) is 0 Å². The minimum atomic E-state index is -0.367. The Balaban J connectivity index is 1.50. The molecule has 1 unspecified atom stereocenters. The van der Waals surface area contributed by atoms with E-state index in [9.17, 15) is 9.59 Å². The fourth-order valence-corrected chi connectivity index (χ4v) is 3.33. The number of amides is 3. The topological polar surface area (TPSA) is 101 Å². The molecule has 138 valence electrons. The van der Waals surface area contributed by atoms with E-state index in [2.05, 4.69) is 25.7 Å². The summed E-state index contributed by atoms with van der Waals surface area (Å²) in [5.74, 6) is 0.265. The van der Waals surface area contributed by atoms with Gasteiger partial charge in [0.2, 0.25) is 0 Å². The summed E-state index contributed by atoms with van der Waals surface area (Å²) in [7, 11) is 0. The second-order valence-corrected chi connectivity index (χ2v) is 6.67. The number of nitrogens with zero attached hydrogens (tertiary/aromatic N) is 4. The summed E-state index contributed by atoms with van der Waals surface area (Å²) in [6.07, 6.45) is 2.55. The first kappa shape index (κ1) is 17.1. The summed E-state index contributed by atoms with van der Waals surface area (Å²) < 4.78 is 1.41. The van der Waals surface area contributed by atoms with Crippen LogP contribution in [0.25, 0.3) is 0 Å². The molecule has 0 saturated heterocycles. The summed E-state index contributed by atoms with van der Waals surface area (Å²) in [5, 5.41) is 9.90. The maximum atomic E-state index is 12.3. The third-order valence-electron chi connectivity index (χ3n) is 4.64. The average Bonchev–Trinajstić information content (AvgIpc) is 3.27. The van der Waals surface area contributed by atoms with Gasteiger partial charge in [0.05, 0.1) is 11.6 Å². The van der Waals surface area contributed by atoms with Crippen molar-refractivity contribution < 1.29 is 9.59 Å². The molecule has 27 heavy (non-hydrogen) atoms. The molecule has 1 aromatic carbocycles. The molecule has 0 spiro atoms. The molecule has 1 aliphatic carbocycles. The average molecular weight is 364 g/mol. The summed E-state index contributed by atoms with van der Waals surface area (Å²) in [4.78, 5) is 33.1. The molecule has 1 fully saturated rings. The summed E-state index contributed by atoms with van der Waals surface area (Å²) in [6.45, 7) is 2.21. The van der Waals surface area contributed by atoms with E-state index in [1.807, 2.05) is 30.3 Å². The molecular formula is C19H20N6O2.